The molecule has 0 saturated heterocycles. The quantitative estimate of drug-likeness (QED) is 0.783. The molecule has 0 unspecified atom stereocenters. The molecule has 0 spiro atoms. The molecule has 3 aromatic rings. The number of fused-ring (bicyclic) bond motifs is 1. The maximum atomic E-state index is 12.6. The van der Waals surface area contributed by atoms with Gasteiger partial charge in [-0.2, -0.15) is 0 Å². The van der Waals surface area contributed by atoms with Gasteiger partial charge >= 0.3 is 5.97 Å². The molecule has 2 aromatic carbocycles. The Hall–Kier alpha value is -3.08. The van der Waals surface area contributed by atoms with Crippen LogP contribution in [0, 0.1) is 0 Å². The first-order valence-corrected chi connectivity index (χ1v) is 7.66. The predicted molar refractivity (Wildman–Crippen MR) is 91.9 cm³/mol. The zero-order valence-corrected chi connectivity index (χ0v) is 13.2. The highest BCUT2D eigenvalue weighted by Gasteiger charge is 2.07. The molecule has 5 heteroatoms. The molecule has 0 radical (unpaired) electrons. The van der Waals surface area contributed by atoms with Gasteiger partial charge in [0.2, 0.25) is 0 Å². The predicted octanol–water partition coefficient (Wildman–Crippen LogP) is 3.15. The second-order valence-electron chi connectivity index (χ2n) is 5.44. The van der Waals surface area contributed by atoms with Gasteiger partial charge in [0.25, 0.3) is 5.56 Å². The van der Waals surface area contributed by atoms with Crippen molar-refractivity contribution in [1.29, 1.82) is 0 Å². The van der Waals surface area contributed by atoms with E-state index in [9.17, 15) is 9.59 Å². The van der Waals surface area contributed by atoms with Gasteiger partial charge in [0, 0.05) is 11.6 Å². The number of carboxylic acids is 1. The lowest BCUT2D eigenvalue weighted by atomic mass is 10.1. The lowest BCUT2D eigenvalue weighted by Crippen LogP contribution is -2.20. The number of hydrogen-bond acceptors (Lipinski definition) is 3. The molecule has 0 amide bonds. The number of rotatable bonds is 5. The molecule has 1 N–H and O–H groups in total. The Morgan fingerprint density at radius 3 is 2.75 bits per heavy atom. The first kappa shape index (κ1) is 15.8. The number of pyridine rings is 1. The molecule has 0 aliphatic carbocycles. The van der Waals surface area contributed by atoms with Crippen LogP contribution in [0.5, 0.6) is 5.75 Å². The second-order valence-corrected chi connectivity index (χ2v) is 5.44. The van der Waals surface area contributed by atoms with Crippen molar-refractivity contribution in [2.45, 2.75) is 13.5 Å². The average molecular weight is 323 g/mol. The van der Waals surface area contributed by atoms with Crippen LogP contribution < -0.4 is 10.3 Å². The first-order chi connectivity index (χ1) is 11.6. The molecule has 122 valence electrons. The Kier molecular flexibility index (Phi) is 4.33. The maximum Gasteiger partial charge on any atom is 0.335 e. The Labute approximate surface area is 138 Å². The van der Waals surface area contributed by atoms with E-state index in [4.69, 9.17) is 9.84 Å². The summed E-state index contributed by atoms with van der Waals surface area (Å²) in [6.07, 6.45) is 1.72. The molecular weight excluding hydrogens is 306 g/mol. The summed E-state index contributed by atoms with van der Waals surface area (Å²) in [5, 5.41) is 10.5. The van der Waals surface area contributed by atoms with Crippen LogP contribution in [0.3, 0.4) is 0 Å². The van der Waals surface area contributed by atoms with Crippen molar-refractivity contribution in [2.24, 2.45) is 0 Å². The van der Waals surface area contributed by atoms with Gasteiger partial charge in [0.05, 0.1) is 18.7 Å². The van der Waals surface area contributed by atoms with Crippen LogP contribution in [0.4, 0.5) is 0 Å². The van der Waals surface area contributed by atoms with Crippen LogP contribution in [0.1, 0.15) is 22.8 Å². The van der Waals surface area contributed by atoms with Crippen LogP contribution in [-0.2, 0) is 6.54 Å². The lowest BCUT2D eigenvalue weighted by Gasteiger charge is -2.09. The fraction of sp³-hybridized carbons (Fsp3) is 0.158. The summed E-state index contributed by atoms with van der Waals surface area (Å²) in [4.78, 5) is 23.7. The summed E-state index contributed by atoms with van der Waals surface area (Å²) in [7, 11) is 0. The van der Waals surface area contributed by atoms with Gasteiger partial charge in [-0.1, -0.05) is 12.1 Å². The smallest absolute Gasteiger partial charge is 0.335 e. The largest absolute Gasteiger partial charge is 0.494 e. The number of aromatic carboxylic acids is 1. The number of nitrogens with zero attached hydrogens (tertiary/aromatic N) is 1. The van der Waals surface area contributed by atoms with Crippen LogP contribution >= 0.6 is 0 Å². The van der Waals surface area contributed by atoms with Crippen LogP contribution in [-0.4, -0.2) is 22.2 Å². The topological polar surface area (TPSA) is 68.5 Å². The van der Waals surface area contributed by atoms with Crippen molar-refractivity contribution in [3.63, 3.8) is 0 Å². The number of hydrogen-bond donors (Lipinski definition) is 1. The van der Waals surface area contributed by atoms with Crippen molar-refractivity contribution in [3.05, 3.63) is 76.2 Å². The van der Waals surface area contributed by atoms with Crippen molar-refractivity contribution < 1.29 is 14.6 Å². The van der Waals surface area contributed by atoms with Gasteiger partial charge in [-0.25, -0.2) is 4.79 Å². The number of ether oxygens (including phenoxy) is 1. The third kappa shape index (κ3) is 3.15. The van der Waals surface area contributed by atoms with E-state index in [-0.39, 0.29) is 11.1 Å². The highest BCUT2D eigenvalue weighted by molar-refractivity contribution is 5.87. The summed E-state index contributed by atoms with van der Waals surface area (Å²) >= 11 is 0. The average Bonchev–Trinajstić information content (AvgIpc) is 2.58. The minimum Gasteiger partial charge on any atom is -0.494 e. The van der Waals surface area contributed by atoms with E-state index < -0.39 is 5.97 Å². The molecule has 5 nitrogen and oxygen atoms in total. The normalized spacial score (nSPS) is 10.7. The maximum absolute atomic E-state index is 12.6. The molecule has 3 rings (SSSR count). The molecule has 0 aliphatic rings. The number of carbonyl (C=O) groups is 1. The highest BCUT2D eigenvalue weighted by atomic mass is 16.5. The molecule has 0 aliphatic heterocycles. The van der Waals surface area contributed by atoms with Gasteiger partial charge < -0.3 is 14.4 Å². The standard InChI is InChI=1S/C19H17NO4/c1-2-24-16-6-7-17-14(11-16)8-9-20(18(17)21)12-13-4-3-5-15(10-13)19(22)23/h3-11H,2,12H2,1H3,(H,22,23). The van der Waals surface area contributed by atoms with Crippen molar-refractivity contribution in [2.75, 3.05) is 6.61 Å². The summed E-state index contributed by atoms with van der Waals surface area (Å²) < 4.78 is 7.02. The fourth-order valence-corrected chi connectivity index (χ4v) is 2.65. The number of aromatic nitrogens is 1. The van der Waals surface area contributed by atoms with Crippen molar-refractivity contribution in [1.82, 2.24) is 4.57 Å². The fourth-order valence-electron chi connectivity index (χ4n) is 2.65. The van der Waals surface area contributed by atoms with Gasteiger partial charge in [-0.3, -0.25) is 4.79 Å². The van der Waals surface area contributed by atoms with E-state index >= 15 is 0 Å². The minimum absolute atomic E-state index is 0.115. The third-order valence-corrected chi connectivity index (χ3v) is 3.79. The second kappa shape index (κ2) is 6.58. The molecule has 0 fully saturated rings. The van der Waals surface area contributed by atoms with E-state index in [2.05, 4.69) is 0 Å². The van der Waals surface area contributed by atoms with E-state index in [0.717, 1.165) is 16.7 Å². The van der Waals surface area contributed by atoms with E-state index in [1.54, 1.807) is 41.1 Å². The molecule has 0 bridgehead atoms. The molecule has 1 heterocycles. The minimum atomic E-state index is -0.980. The van der Waals surface area contributed by atoms with E-state index in [1.165, 1.54) is 6.07 Å². The molecule has 24 heavy (non-hydrogen) atoms. The number of carboxylic acid groups (broad SMARTS) is 1. The van der Waals surface area contributed by atoms with Gasteiger partial charge in [0.1, 0.15) is 5.75 Å². The molecule has 0 atom stereocenters. The van der Waals surface area contributed by atoms with Gasteiger partial charge in [-0.15, -0.1) is 0 Å². The summed E-state index contributed by atoms with van der Waals surface area (Å²) in [5.74, 6) is -0.248. The SMILES string of the molecule is CCOc1ccc2c(=O)n(Cc3cccc(C(=O)O)c3)ccc2c1. The lowest BCUT2D eigenvalue weighted by molar-refractivity contribution is 0.0696. The molecule has 0 saturated carbocycles. The summed E-state index contributed by atoms with van der Waals surface area (Å²) in [6.45, 7) is 2.80. The van der Waals surface area contributed by atoms with Gasteiger partial charge in [-0.05, 0) is 54.3 Å². The monoisotopic (exact) mass is 323 g/mol. The van der Waals surface area contributed by atoms with E-state index in [0.29, 0.717) is 18.5 Å². The van der Waals surface area contributed by atoms with Crippen molar-refractivity contribution in [3.8, 4) is 5.75 Å². The Balaban J connectivity index is 1.97. The van der Waals surface area contributed by atoms with Crippen LogP contribution in [0.2, 0.25) is 0 Å². The van der Waals surface area contributed by atoms with Gasteiger partial charge in [0.15, 0.2) is 0 Å². The van der Waals surface area contributed by atoms with Crippen LogP contribution in [0.25, 0.3) is 10.8 Å². The Bertz CT molecular complexity index is 959. The molecular formula is C19H17NO4. The van der Waals surface area contributed by atoms with E-state index in [1.807, 2.05) is 19.1 Å². The Morgan fingerprint density at radius 1 is 1.17 bits per heavy atom. The number of benzene rings is 2. The Morgan fingerprint density at radius 2 is 2.00 bits per heavy atom. The summed E-state index contributed by atoms with van der Waals surface area (Å²) in [5.41, 5.74) is 0.862. The summed E-state index contributed by atoms with van der Waals surface area (Å²) in [6, 6.07) is 13.8. The van der Waals surface area contributed by atoms with Crippen LogP contribution in [0.15, 0.2) is 59.5 Å². The van der Waals surface area contributed by atoms with Crippen molar-refractivity contribution >= 4 is 16.7 Å². The molecule has 1 aromatic heterocycles. The third-order valence-electron chi connectivity index (χ3n) is 3.79. The zero-order chi connectivity index (χ0) is 17.1. The zero-order valence-electron chi connectivity index (χ0n) is 13.2. The highest BCUT2D eigenvalue weighted by Crippen LogP contribution is 2.18. The first-order valence-electron chi connectivity index (χ1n) is 7.66.